The van der Waals surface area contributed by atoms with Crippen LogP contribution in [0.4, 0.5) is 4.79 Å². The summed E-state index contributed by atoms with van der Waals surface area (Å²) in [5, 5.41) is 11.3. The third-order valence-corrected chi connectivity index (χ3v) is 1.88. The normalized spacial score (nSPS) is 15.1. The topological polar surface area (TPSA) is 102 Å². The van der Waals surface area contributed by atoms with Crippen LogP contribution in [0.3, 0.4) is 0 Å². The molecule has 0 saturated carbocycles. The van der Waals surface area contributed by atoms with Gasteiger partial charge in [-0.25, -0.2) is 9.59 Å². The molecular weight excluding hydrogens is 266 g/mol. The van der Waals surface area contributed by atoms with Crippen LogP contribution in [-0.2, 0) is 19.1 Å². The quantitative estimate of drug-likeness (QED) is 0.741. The zero-order valence-electron chi connectivity index (χ0n) is 12.7. The Morgan fingerprint density at radius 3 is 1.90 bits per heavy atom. The Kier molecular flexibility index (Phi) is 6.15. The summed E-state index contributed by atoms with van der Waals surface area (Å²) in [7, 11) is 0. The van der Waals surface area contributed by atoms with Crippen LogP contribution in [0.1, 0.15) is 41.5 Å². The molecule has 0 radical (unpaired) electrons. The smallest absolute Gasteiger partial charge is 0.408 e. The molecule has 0 aromatic rings. The van der Waals surface area contributed by atoms with Gasteiger partial charge in [-0.1, -0.05) is 0 Å². The van der Waals surface area contributed by atoms with Crippen molar-refractivity contribution in [3.63, 3.8) is 0 Å². The van der Waals surface area contributed by atoms with Gasteiger partial charge in [0.15, 0.2) is 6.10 Å². The number of ether oxygens (including phenoxy) is 2. The van der Waals surface area contributed by atoms with Gasteiger partial charge in [0.05, 0.1) is 5.60 Å². The van der Waals surface area contributed by atoms with E-state index in [0.717, 1.165) is 0 Å². The van der Waals surface area contributed by atoms with Crippen LogP contribution in [0.2, 0.25) is 0 Å². The maximum atomic E-state index is 11.6. The van der Waals surface area contributed by atoms with E-state index in [2.05, 4.69) is 5.32 Å². The lowest BCUT2D eigenvalue weighted by molar-refractivity contribution is -0.163. The number of nitrogens with one attached hydrogen (secondary N) is 1. The van der Waals surface area contributed by atoms with Gasteiger partial charge in [-0.2, -0.15) is 0 Å². The summed E-state index contributed by atoms with van der Waals surface area (Å²) in [6.07, 6.45) is -2.05. The van der Waals surface area contributed by atoms with E-state index in [4.69, 9.17) is 14.6 Å². The van der Waals surface area contributed by atoms with Crippen LogP contribution in [0.5, 0.6) is 0 Å². The van der Waals surface area contributed by atoms with E-state index in [1.54, 1.807) is 41.5 Å². The molecule has 0 aromatic carbocycles. The van der Waals surface area contributed by atoms with Gasteiger partial charge >= 0.3 is 12.1 Å². The highest BCUT2D eigenvalue weighted by Gasteiger charge is 2.34. The first-order chi connectivity index (χ1) is 8.85. The van der Waals surface area contributed by atoms with Gasteiger partial charge in [-0.05, 0) is 41.5 Å². The number of alkyl carbamates (subject to hydrolysis) is 1. The first-order valence-electron chi connectivity index (χ1n) is 6.21. The summed E-state index contributed by atoms with van der Waals surface area (Å²) in [6, 6.07) is -1.33. The highest BCUT2D eigenvalue weighted by Crippen LogP contribution is 2.14. The van der Waals surface area contributed by atoms with Crippen molar-refractivity contribution in [1.29, 1.82) is 0 Å². The van der Waals surface area contributed by atoms with E-state index >= 15 is 0 Å². The number of amides is 1. The van der Waals surface area contributed by atoms with Crippen molar-refractivity contribution >= 4 is 18.3 Å². The Morgan fingerprint density at radius 1 is 1.10 bits per heavy atom. The van der Waals surface area contributed by atoms with E-state index in [1.165, 1.54) is 0 Å². The molecule has 7 heteroatoms. The molecule has 0 fully saturated rings. The number of rotatable bonds is 5. The molecule has 0 aromatic heterocycles. The molecule has 0 aliphatic carbocycles. The fourth-order valence-electron chi connectivity index (χ4n) is 1.28. The number of hydrogen-bond donors (Lipinski definition) is 2. The van der Waals surface area contributed by atoms with E-state index in [0.29, 0.717) is 6.29 Å². The zero-order chi connectivity index (χ0) is 16.1. The van der Waals surface area contributed by atoms with Crippen LogP contribution in [-0.4, -0.2) is 46.8 Å². The van der Waals surface area contributed by atoms with Crippen LogP contribution < -0.4 is 5.32 Å². The summed E-state index contributed by atoms with van der Waals surface area (Å²) in [5.41, 5.74) is -1.53. The minimum Gasteiger partial charge on any atom is -0.479 e. The maximum Gasteiger partial charge on any atom is 0.408 e. The number of aliphatic carboxylic acids is 1. The Balaban J connectivity index is 4.89. The molecule has 0 aliphatic heterocycles. The lowest BCUT2D eigenvalue weighted by atomic mass is 10.1. The molecule has 0 bridgehead atoms. The Hall–Kier alpha value is -1.63. The van der Waals surface area contributed by atoms with Crippen LogP contribution >= 0.6 is 0 Å². The third kappa shape index (κ3) is 7.73. The monoisotopic (exact) mass is 289 g/mol. The average molecular weight is 289 g/mol. The molecule has 0 aliphatic rings. The van der Waals surface area contributed by atoms with Crippen molar-refractivity contribution in [3.8, 4) is 0 Å². The van der Waals surface area contributed by atoms with E-state index in [-0.39, 0.29) is 0 Å². The lowest BCUT2D eigenvalue weighted by Gasteiger charge is -2.29. The Morgan fingerprint density at radius 2 is 1.60 bits per heavy atom. The van der Waals surface area contributed by atoms with Gasteiger partial charge in [0.25, 0.3) is 0 Å². The van der Waals surface area contributed by atoms with Gasteiger partial charge < -0.3 is 24.7 Å². The number of carboxylic acid groups (broad SMARTS) is 1. The van der Waals surface area contributed by atoms with Crippen molar-refractivity contribution in [1.82, 2.24) is 5.32 Å². The second kappa shape index (κ2) is 6.69. The molecule has 20 heavy (non-hydrogen) atoms. The molecule has 0 heterocycles. The van der Waals surface area contributed by atoms with Gasteiger partial charge in [-0.15, -0.1) is 0 Å². The van der Waals surface area contributed by atoms with E-state index in [9.17, 15) is 14.4 Å². The van der Waals surface area contributed by atoms with Gasteiger partial charge in [0.1, 0.15) is 17.9 Å². The van der Waals surface area contributed by atoms with Crippen molar-refractivity contribution < 1.29 is 29.0 Å². The summed E-state index contributed by atoms with van der Waals surface area (Å²) < 4.78 is 10.3. The minimum absolute atomic E-state index is 0.314. The predicted molar refractivity (Wildman–Crippen MR) is 71.5 cm³/mol. The number of carbonyl (C=O) groups excluding carboxylic acids is 2. The fraction of sp³-hybridized carbons (Fsp3) is 0.769. The fourth-order valence-corrected chi connectivity index (χ4v) is 1.28. The van der Waals surface area contributed by atoms with Crippen molar-refractivity contribution in [2.45, 2.75) is 64.9 Å². The van der Waals surface area contributed by atoms with Gasteiger partial charge in [-0.3, -0.25) is 0 Å². The highest BCUT2D eigenvalue weighted by atomic mass is 16.6. The average Bonchev–Trinajstić information content (AvgIpc) is 2.18. The summed E-state index contributed by atoms with van der Waals surface area (Å²) in [6.45, 7) is 9.92. The summed E-state index contributed by atoms with van der Waals surface area (Å²) in [4.78, 5) is 33.8. The first-order valence-corrected chi connectivity index (χ1v) is 6.21. The SMILES string of the molecule is CC(C)(C)OC(=O)NC(C=O)C(OC(C)(C)C)C(=O)O. The second-order valence-corrected chi connectivity index (χ2v) is 6.30. The highest BCUT2D eigenvalue weighted by molar-refractivity contribution is 5.82. The predicted octanol–water partition coefficient (Wildman–Crippen LogP) is 1.35. The van der Waals surface area contributed by atoms with E-state index < -0.39 is 35.4 Å². The standard InChI is InChI=1S/C13H23NO6/c1-12(2,3)19-9(10(16)17)8(7-15)14-11(18)20-13(4,5)6/h7-9H,1-6H3,(H,14,18)(H,16,17). The molecule has 2 N–H and O–H groups in total. The number of aldehydes is 1. The molecule has 2 unspecified atom stereocenters. The summed E-state index contributed by atoms with van der Waals surface area (Å²) >= 11 is 0. The third-order valence-electron chi connectivity index (χ3n) is 1.88. The van der Waals surface area contributed by atoms with Gasteiger partial charge in [0, 0.05) is 0 Å². The largest absolute Gasteiger partial charge is 0.479 e. The first kappa shape index (κ1) is 18.4. The van der Waals surface area contributed by atoms with Crippen LogP contribution in [0.15, 0.2) is 0 Å². The molecular formula is C13H23NO6. The molecule has 0 rings (SSSR count). The molecule has 1 amide bonds. The van der Waals surface area contributed by atoms with Crippen LogP contribution in [0.25, 0.3) is 0 Å². The molecule has 0 saturated heterocycles. The molecule has 116 valence electrons. The molecule has 0 spiro atoms. The van der Waals surface area contributed by atoms with E-state index in [1.807, 2.05) is 0 Å². The second-order valence-electron chi connectivity index (χ2n) is 6.30. The summed E-state index contributed by atoms with van der Waals surface area (Å²) in [5.74, 6) is -1.34. The number of hydrogen-bond acceptors (Lipinski definition) is 5. The molecule has 7 nitrogen and oxygen atoms in total. The van der Waals surface area contributed by atoms with Gasteiger partial charge in [0.2, 0.25) is 0 Å². The van der Waals surface area contributed by atoms with Crippen molar-refractivity contribution in [3.05, 3.63) is 0 Å². The Bertz CT molecular complexity index is 366. The minimum atomic E-state index is -1.49. The van der Waals surface area contributed by atoms with Crippen LogP contribution in [0, 0.1) is 0 Å². The zero-order valence-corrected chi connectivity index (χ0v) is 12.7. The number of carbonyl (C=O) groups is 3. The number of carboxylic acids is 1. The lowest BCUT2D eigenvalue weighted by Crippen LogP contribution is -2.52. The van der Waals surface area contributed by atoms with Crippen molar-refractivity contribution in [2.24, 2.45) is 0 Å². The Labute approximate surface area is 118 Å². The maximum absolute atomic E-state index is 11.6. The molecule has 2 atom stereocenters. The van der Waals surface area contributed by atoms with Crippen molar-refractivity contribution in [2.75, 3.05) is 0 Å².